The summed E-state index contributed by atoms with van der Waals surface area (Å²) in [4.78, 5) is 10.9. The monoisotopic (exact) mass is 273 g/mol. The molecule has 3 atom stereocenters. The second-order valence-electron chi connectivity index (χ2n) is 6.26. The Morgan fingerprint density at radius 3 is 3.15 bits per heavy atom. The van der Waals surface area contributed by atoms with Crippen LogP contribution >= 0.6 is 0 Å². The molecule has 2 aliphatic rings. The molecule has 3 unspecified atom stereocenters. The minimum Gasteiger partial charge on any atom is -0.493 e. The van der Waals surface area contributed by atoms with Gasteiger partial charge >= 0.3 is 0 Å². The van der Waals surface area contributed by atoms with Gasteiger partial charge in [-0.2, -0.15) is 0 Å². The topological polar surface area (TPSA) is 52.3 Å². The Hall–Kier alpha value is -1.51. The average Bonchev–Trinajstić information content (AvgIpc) is 3.24. The average molecular weight is 273 g/mol. The van der Waals surface area contributed by atoms with E-state index in [0.29, 0.717) is 24.2 Å². The summed E-state index contributed by atoms with van der Waals surface area (Å²) in [5.41, 5.74) is 8.15. The van der Waals surface area contributed by atoms with Crippen molar-refractivity contribution in [3.8, 4) is 5.75 Å². The molecule has 3 nitrogen and oxygen atoms in total. The maximum atomic E-state index is 10.9. The molecule has 1 fully saturated rings. The molecule has 20 heavy (non-hydrogen) atoms. The number of hydrogen-bond acceptors (Lipinski definition) is 2. The van der Waals surface area contributed by atoms with Crippen LogP contribution in [0.1, 0.15) is 49.7 Å². The van der Waals surface area contributed by atoms with Crippen molar-refractivity contribution in [2.45, 2.75) is 44.9 Å². The van der Waals surface area contributed by atoms with Crippen molar-refractivity contribution >= 4 is 5.91 Å². The predicted octanol–water partition coefficient (Wildman–Crippen LogP) is 3.02. The largest absolute Gasteiger partial charge is 0.493 e. The number of amides is 1. The third-order valence-electron chi connectivity index (χ3n) is 4.81. The first-order chi connectivity index (χ1) is 9.66. The number of carbonyl (C=O) groups is 1. The highest BCUT2D eigenvalue weighted by molar-refractivity contribution is 5.73. The molecule has 0 bridgehead atoms. The lowest BCUT2D eigenvalue weighted by molar-refractivity contribution is -0.118. The molecule has 1 saturated carbocycles. The number of ether oxygens (including phenoxy) is 1. The molecule has 1 aliphatic carbocycles. The fourth-order valence-electron chi connectivity index (χ4n) is 3.55. The maximum Gasteiger partial charge on any atom is 0.217 e. The predicted molar refractivity (Wildman–Crippen MR) is 78.7 cm³/mol. The van der Waals surface area contributed by atoms with Gasteiger partial charge in [-0.15, -0.1) is 0 Å². The number of rotatable bonds is 5. The molecule has 2 N–H and O–H groups in total. The van der Waals surface area contributed by atoms with E-state index >= 15 is 0 Å². The van der Waals surface area contributed by atoms with Crippen LogP contribution in [0.4, 0.5) is 0 Å². The molecule has 1 aromatic carbocycles. The summed E-state index contributed by atoms with van der Waals surface area (Å²) in [7, 11) is 0. The van der Waals surface area contributed by atoms with Crippen molar-refractivity contribution < 1.29 is 9.53 Å². The first-order valence-electron chi connectivity index (χ1n) is 7.69. The van der Waals surface area contributed by atoms with Crippen LogP contribution in [0.2, 0.25) is 0 Å². The molecule has 1 aliphatic heterocycles. The Morgan fingerprint density at radius 1 is 1.50 bits per heavy atom. The molecular formula is C17H23NO2. The van der Waals surface area contributed by atoms with Crippen molar-refractivity contribution in [3.63, 3.8) is 0 Å². The van der Waals surface area contributed by atoms with Gasteiger partial charge in [0.15, 0.2) is 0 Å². The molecule has 108 valence electrons. The lowest BCUT2D eigenvalue weighted by Crippen LogP contribution is -2.13. The Morgan fingerprint density at radius 2 is 2.35 bits per heavy atom. The van der Waals surface area contributed by atoms with E-state index < -0.39 is 0 Å². The van der Waals surface area contributed by atoms with Crippen LogP contribution in [0, 0.1) is 11.8 Å². The smallest absolute Gasteiger partial charge is 0.217 e. The van der Waals surface area contributed by atoms with Crippen molar-refractivity contribution in [1.82, 2.24) is 0 Å². The van der Waals surface area contributed by atoms with Gasteiger partial charge in [0.25, 0.3) is 0 Å². The zero-order valence-corrected chi connectivity index (χ0v) is 12.1. The van der Waals surface area contributed by atoms with E-state index in [4.69, 9.17) is 10.5 Å². The van der Waals surface area contributed by atoms with Gasteiger partial charge in [-0.3, -0.25) is 4.79 Å². The molecule has 3 rings (SSSR count). The molecule has 1 heterocycles. The summed E-state index contributed by atoms with van der Waals surface area (Å²) in [5, 5.41) is 0. The van der Waals surface area contributed by atoms with Crippen molar-refractivity contribution in [3.05, 3.63) is 29.3 Å². The molecule has 3 heteroatoms. The first-order valence-corrected chi connectivity index (χ1v) is 7.69. The number of fused-ring (bicyclic) bond motifs is 1. The summed E-state index contributed by atoms with van der Waals surface area (Å²) in [6.45, 7) is 3.10. The number of benzene rings is 1. The van der Waals surface area contributed by atoms with E-state index in [2.05, 4.69) is 25.1 Å². The molecule has 1 amide bonds. The maximum absolute atomic E-state index is 10.9. The lowest BCUT2D eigenvalue weighted by atomic mass is 9.92. The molecule has 0 saturated heterocycles. The number of nitrogens with two attached hydrogens (primary N) is 1. The van der Waals surface area contributed by atoms with E-state index in [9.17, 15) is 4.79 Å². The van der Waals surface area contributed by atoms with E-state index in [0.717, 1.165) is 31.6 Å². The summed E-state index contributed by atoms with van der Waals surface area (Å²) < 4.78 is 5.76. The number of primary amides is 1. The fourth-order valence-corrected chi connectivity index (χ4v) is 3.55. The third-order valence-corrected chi connectivity index (χ3v) is 4.81. The van der Waals surface area contributed by atoms with Gasteiger partial charge in [0.2, 0.25) is 5.91 Å². The third kappa shape index (κ3) is 2.67. The first kappa shape index (κ1) is 13.5. The van der Waals surface area contributed by atoms with E-state index in [1.807, 2.05) is 0 Å². The molecular weight excluding hydrogens is 250 g/mol. The second-order valence-corrected chi connectivity index (χ2v) is 6.26. The molecule has 0 spiro atoms. The Bertz CT molecular complexity index is 512. The van der Waals surface area contributed by atoms with Gasteiger partial charge in [-0.25, -0.2) is 0 Å². The quantitative estimate of drug-likeness (QED) is 0.896. The van der Waals surface area contributed by atoms with Crippen molar-refractivity contribution in [2.75, 3.05) is 6.61 Å². The van der Waals surface area contributed by atoms with Crippen molar-refractivity contribution in [1.29, 1.82) is 0 Å². The molecule has 1 aromatic rings. The minimum absolute atomic E-state index is 0.181. The summed E-state index contributed by atoms with van der Waals surface area (Å²) in [6, 6.07) is 6.47. The summed E-state index contributed by atoms with van der Waals surface area (Å²) in [5.74, 6) is 2.86. The van der Waals surface area contributed by atoms with Gasteiger partial charge in [0, 0.05) is 6.42 Å². The van der Waals surface area contributed by atoms with E-state index in [-0.39, 0.29) is 5.91 Å². The normalized spacial score (nSPS) is 25.4. The Balaban J connectivity index is 1.68. The standard InChI is InChI=1S/C17H23NO2/c1-11(7-8-17(18)19)14-10-15(14)12-4-2-6-16-13(12)5-3-9-20-16/h2,4,6,11,14-15H,3,5,7-10H2,1H3,(H2,18,19). The van der Waals surface area contributed by atoms with Gasteiger partial charge < -0.3 is 10.5 Å². The lowest BCUT2D eigenvalue weighted by Gasteiger charge is -2.20. The molecule has 0 aromatic heterocycles. The van der Waals surface area contributed by atoms with Crippen LogP contribution in [0.3, 0.4) is 0 Å². The number of carbonyl (C=O) groups excluding carboxylic acids is 1. The zero-order valence-electron chi connectivity index (χ0n) is 12.1. The van der Waals surface area contributed by atoms with Crippen LogP contribution in [0.5, 0.6) is 5.75 Å². The van der Waals surface area contributed by atoms with Gasteiger partial charge in [-0.1, -0.05) is 19.1 Å². The summed E-state index contributed by atoms with van der Waals surface area (Å²) >= 11 is 0. The number of hydrogen-bond donors (Lipinski definition) is 1. The zero-order chi connectivity index (χ0) is 14.1. The highest BCUT2D eigenvalue weighted by atomic mass is 16.5. The van der Waals surface area contributed by atoms with Crippen molar-refractivity contribution in [2.24, 2.45) is 17.6 Å². The second kappa shape index (κ2) is 5.47. The fraction of sp³-hybridized carbons (Fsp3) is 0.588. The van der Waals surface area contributed by atoms with E-state index in [1.54, 1.807) is 0 Å². The molecule has 0 radical (unpaired) electrons. The van der Waals surface area contributed by atoms with Gasteiger partial charge in [0.1, 0.15) is 5.75 Å². The van der Waals surface area contributed by atoms with Crippen LogP contribution in [-0.2, 0) is 11.2 Å². The minimum atomic E-state index is -0.181. The summed E-state index contributed by atoms with van der Waals surface area (Å²) in [6.07, 6.45) is 4.95. The van der Waals surface area contributed by atoms with Gasteiger partial charge in [0.05, 0.1) is 6.61 Å². The van der Waals surface area contributed by atoms with Crippen LogP contribution in [0.25, 0.3) is 0 Å². The highest BCUT2D eigenvalue weighted by Gasteiger charge is 2.43. The van der Waals surface area contributed by atoms with Gasteiger partial charge in [-0.05, 0) is 60.6 Å². The van der Waals surface area contributed by atoms with Crippen LogP contribution < -0.4 is 10.5 Å². The van der Waals surface area contributed by atoms with Crippen LogP contribution in [-0.4, -0.2) is 12.5 Å². The SMILES string of the molecule is CC(CCC(N)=O)C1CC1c1cccc2c1CCCO2. The highest BCUT2D eigenvalue weighted by Crippen LogP contribution is 2.54. The van der Waals surface area contributed by atoms with Crippen LogP contribution in [0.15, 0.2) is 18.2 Å². The Labute approximate surface area is 120 Å². The van der Waals surface area contributed by atoms with E-state index in [1.165, 1.54) is 17.5 Å². The Kier molecular flexibility index (Phi) is 3.68.